The van der Waals surface area contributed by atoms with Crippen LogP contribution in [0.25, 0.3) is 0 Å². The van der Waals surface area contributed by atoms with Gasteiger partial charge in [-0.1, -0.05) is 6.92 Å². The average molecular weight is 361 g/mol. The van der Waals surface area contributed by atoms with E-state index in [0.29, 0.717) is 43.1 Å². The topological polar surface area (TPSA) is 71.1 Å². The highest BCUT2D eigenvalue weighted by atomic mass is 16.5. The molecule has 26 heavy (non-hydrogen) atoms. The van der Waals surface area contributed by atoms with Gasteiger partial charge in [-0.15, -0.1) is 0 Å². The summed E-state index contributed by atoms with van der Waals surface area (Å²) in [5, 5.41) is 2.88. The van der Waals surface area contributed by atoms with Crippen LogP contribution >= 0.6 is 0 Å². The molecule has 2 amide bonds. The molecular weight excluding hydrogens is 334 g/mol. The van der Waals surface area contributed by atoms with Crippen LogP contribution in [0.3, 0.4) is 0 Å². The van der Waals surface area contributed by atoms with Crippen LogP contribution in [-0.4, -0.2) is 68.6 Å². The Morgan fingerprint density at radius 3 is 2.27 bits per heavy atom. The number of methoxy groups -OCH3 is 2. The summed E-state index contributed by atoms with van der Waals surface area (Å²) >= 11 is 0. The van der Waals surface area contributed by atoms with E-state index in [-0.39, 0.29) is 11.8 Å². The van der Waals surface area contributed by atoms with Crippen molar-refractivity contribution in [2.45, 2.75) is 19.8 Å². The van der Waals surface area contributed by atoms with E-state index in [1.807, 2.05) is 4.90 Å². The van der Waals surface area contributed by atoms with Crippen molar-refractivity contribution < 1.29 is 19.1 Å². The third kappa shape index (κ3) is 3.49. The fraction of sp³-hybridized carbons (Fsp3) is 0.579. The van der Waals surface area contributed by atoms with E-state index in [2.05, 4.69) is 17.1 Å². The summed E-state index contributed by atoms with van der Waals surface area (Å²) in [6.45, 7) is 6.24. The van der Waals surface area contributed by atoms with E-state index < -0.39 is 5.41 Å². The van der Waals surface area contributed by atoms with Gasteiger partial charge in [0.25, 0.3) is 0 Å². The molecule has 142 valence electrons. The number of carbonyl (C=O) groups excluding carboxylic acids is 2. The maximum absolute atomic E-state index is 12.9. The first-order valence-corrected chi connectivity index (χ1v) is 9.09. The number of carbonyl (C=O) groups is 2. The SMILES string of the molecule is CCN1CCN(C(=O)C2(C(=O)Nc3ccc(OC)c(OC)c3)CC2)CC1. The Labute approximate surface area is 154 Å². The summed E-state index contributed by atoms with van der Waals surface area (Å²) < 4.78 is 10.5. The Hall–Kier alpha value is -2.28. The van der Waals surface area contributed by atoms with Crippen LogP contribution in [0.4, 0.5) is 5.69 Å². The van der Waals surface area contributed by atoms with Gasteiger partial charge in [0.1, 0.15) is 5.41 Å². The van der Waals surface area contributed by atoms with Crippen molar-refractivity contribution in [3.63, 3.8) is 0 Å². The molecule has 2 aliphatic rings. The summed E-state index contributed by atoms with van der Waals surface area (Å²) in [7, 11) is 3.11. The first-order chi connectivity index (χ1) is 12.5. The molecule has 1 saturated heterocycles. The maximum Gasteiger partial charge on any atom is 0.240 e. The minimum absolute atomic E-state index is 0.0359. The lowest BCUT2D eigenvalue weighted by molar-refractivity contribution is -0.143. The first-order valence-electron chi connectivity index (χ1n) is 9.09. The highest BCUT2D eigenvalue weighted by Crippen LogP contribution is 2.48. The second kappa shape index (κ2) is 7.53. The Morgan fingerprint density at radius 2 is 1.73 bits per heavy atom. The average Bonchev–Trinajstić information content (AvgIpc) is 3.49. The lowest BCUT2D eigenvalue weighted by Crippen LogP contribution is -2.52. The van der Waals surface area contributed by atoms with Crippen molar-refractivity contribution in [3.05, 3.63) is 18.2 Å². The van der Waals surface area contributed by atoms with Gasteiger partial charge in [0, 0.05) is 37.9 Å². The third-order valence-electron chi connectivity index (χ3n) is 5.34. The molecule has 1 aromatic rings. The van der Waals surface area contributed by atoms with Crippen LogP contribution in [0.5, 0.6) is 11.5 Å². The largest absolute Gasteiger partial charge is 0.493 e. The highest BCUT2D eigenvalue weighted by Gasteiger charge is 2.58. The molecule has 0 spiro atoms. The van der Waals surface area contributed by atoms with Gasteiger partial charge in [-0.05, 0) is 31.5 Å². The predicted octanol–water partition coefficient (Wildman–Crippen LogP) is 1.59. The minimum atomic E-state index is -0.901. The van der Waals surface area contributed by atoms with Crippen LogP contribution in [0.15, 0.2) is 18.2 Å². The lowest BCUT2D eigenvalue weighted by atomic mass is 10.0. The molecule has 1 aliphatic carbocycles. The van der Waals surface area contributed by atoms with E-state index in [9.17, 15) is 9.59 Å². The monoisotopic (exact) mass is 361 g/mol. The summed E-state index contributed by atoms with van der Waals surface area (Å²) in [5.74, 6) is 0.868. The zero-order chi connectivity index (χ0) is 18.7. The third-order valence-corrected chi connectivity index (χ3v) is 5.34. The van der Waals surface area contributed by atoms with Crippen LogP contribution in [0.2, 0.25) is 0 Å². The summed E-state index contributed by atoms with van der Waals surface area (Å²) in [4.78, 5) is 29.9. The molecule has 0 radical (unpaired) electrons. The number of rotatable bonds is 6. The van der Waals surface area contributed by atoms with Gasteiger partial charge in [0.2, 0.25) is 11.8 Å². The first kappa shape index (κ1) is 18.5. The van der Waals surface area contributed by atoms with E-state index in [1.165, 1.54) is 0 Å². The quantitative estimate of drug-likeness (QED) is 0.779. The van der Waals surface area contributed by atoms with Gasteiger partial charge in [0.15, 0.2) is 11.5 Å². The molecule has 7 heteroatoms. The number of nitrogens with one attached hydrogen (secondary N) is 1. The molecule has 1 heterocycles. The summed E-state index contributed by atoms with van der Waals surface area (Å²) in [5.41, 5.74) is -0.302. The Bertz CT molecular complexity index is 679. The number of anilines is 1. The van der Waals surface area contributed by atoms with Crippen LogP contribution in [0, 0.1) is 5.41 Å². The van der Waals surface area contributed by atoms with Gasteiger partial charge in [-0.25, -0.2) is 0 Å². The fourth-order valence-corrected chi connectivity index (χ4v) is 3.40. The molecule has 1 aliphatic heterocycles. The van der Waals surface area contributed by atoms with Crippen molar-refractivity contribution in [3.8, 4) is 11.5 Å². The Kier molecular flexibility index (Phi) is 5.36. The van der Waals surface area contributed by atoms with Gasteiger partial charge in [-0.3, -0.25) is 9.59 Å². The molecule has 7 nitrogen and oxygen atoms in total. The van der Waals surface area contributed by atoms with Crippen molar-refractivity contribution in [1.29, 1.82) is 0 Å². The number of ether oxygens (including phenoxy) is 2. The zero-order valence-corrected chi connectivity index (χ0v) is 15.7. The van der Waals surface area contributed by atoms with Gasteiger partial charge < -0.3 is 24.6 Å². The molecule has 1 saturated carbocycles. The summed E-state index contributed by atoms with van der Waals surface area (Å²) in [6, 6.07) is 5.19. The highest BCUT2D eigenvalue weighted by molar-refractivity contribution is 6.13. The number of amides is 2. The van der Waals surface area contributed by atoms with E-state index >= 15 is 0 Å². The number of hydrogen-bond acceptors (Lipinski definition) is 5. The number of piperazine rings is 1. The normalized spacial score (nSPS) is 19.0. The number of benzene rings is 1. The van der Waals surface area contributed by atoms with Crippen LogP contribution < -0.4 is 14.8 Å². The van der Waals surface area contributed by atoms with Crippen LogP contribution in [0.1, 0.15) is 19.8 Å². The molecule has 2 fully saturated rings. The fourth-order valence-electron chi connectivity index (χ4n) is 3.40. The molecular formula is C19H27N3O4. The van der Waals surface area contributed by atoms with Crippen molar-refractivity contribution in [2.75, 3.05) is 52.3 Å². The van der Waals surface area contributed by atoms with Gasteiger partial charge >= 0.3 is 0 Å². The molecule has 1 aromatic carbocycles. The number of nitrogens with zero attached hydrogens (tertiary/aromatic N) is 2. The molecule has 0 bridgehead atoms. The molecule has 0 atom stereocenters. The Balaban J connectivity index is 1.66. The molecule has 1 N–H and O–H groups in total. The molecule has 0 aromatic heterocycles. The number of hydrogen-bond donors (Lipinski definition) is 1. The smallest absolute Gasteiger partial charge is 0.240 e. The van der Waals surface area contributed by atoms with E-state index in [0.717, 1.165) is 19.6 Å². The Morgan fingerprint density at radius 1 is 1.08 bits per heavy atom. The van der Waals surface area contributed by atoms with Gasteiger partial charge in [0.05, 0.1) is 14.2 Å². The lowest BCUT2D eigenvalue weighted by Gasteiger charge is -2.35. The maximum atomic E-state index is 12.9. The predicted molar refractivity (Wildman–Crippen MR) is 98.5 cm³/mol. The second-order valence-corrected chi connectivity index (χ2v) is 6.83. The molecule has 0 unspecified atom stereocenters. The minimum Gasteiger partial charge on any atom is -0.493 e. The zero-order valence-electron chi connectivity index (χ0n) is 15.7. The second-order valence-electron chi connectivity index (χ2n) is 6.83. The summed E-state index contributed by atoms with van der Waals surface area (Å²) in [6.07, 6.45) is 1.22. The van der Waals surface area contributed by atoms with E-state index in [1.54, 1.807) is 32.4 Å². The molecule has 3 rings (SSSR count). The van der Waals surface area contributed by atoms with Crippen molar-refractivity contribution >= 4 is 17.5 Å². The number of likely N-dealkylation sites (N-methyl/N-ethyl adjacent to an activating group) is 1. The van der Waals surface area contributed by atoms with Crippen molar-refractivity contribution in [2.24, 2.45) is 5.41 Å². The van der Waals surface area contributed by atoms with E-state index in [4.69, 9.17) is 9.47 Å². The van der Waals surface area contributed by atoms with Crippen LogP contribution in [-0.2, 0) is 9.59 Å². The standard InChI is InChI=1S/C19H27N3O4/c1-4-21-9-11-22(12-10-21)18(24)19(7-8-19)17(23)20-14-5-6-15(25-2)16(13-14)26-3/h5-6,13H,4,7-12H2,1-3H3,(H,20,23). The van der Waals surface area contributed by atoms with Crippen molar-refractivity contribution in [1.82, 2.24) is 9.80 Å². The van der Waals surface area contributed by atoms with Gasteiger partial charge in [-0.2, -0.15) is 0 Å².